The molecule has 216 valence electrons. The molecule has 2 aromatic rings. The Morgan fingerprint density at radius 1 is 1.13 bits per heavy atom. The Labute approximate surface area is 230 Å². The van der Waals surface area contributed by atoms with Crippen molar-refractivity contribution in [3.05, 3.63) is 16.7 Å². The average Bonchev–Trinajstić information content (AvgIpc) is 3.34. The topological polar surface area (TPSA) is 107 Å². The second kappa shape index (κ2) is 11.1. The second-order valence-electron chi connectivity index (χ2n) is 13.8. The molecule has 1 fully saturated rings. The standard InChI is InChI=1S/C26H50N6O4Si2/c1-25(2,3)37(9,10)34-16-19-18(36-38(11,12)26(4,5)6)15-20(35-19)32-17-28-21-22(32)29-24(30-23(21)33)27-13-14-31(7)8/h17-20H,13-16H2,1-12H3,(H2,27,29,30,33)/t18-,19+,20+/m0/s1. The van der Waals surface area contributed by atoms with Crippen molar-refractivity contribution in [1.82, 2.24) is 24.4 Å². The third kappa shape index (κ3) is 6.94. The first kappa shape index (κ1) is 31.0. The Balaban J connectivity index is 1.90. The van der Waals surface area contributed by atoms with E-state index in [1.54, 1.807) is 6.33 Å². The number of anilines is 1. The van der Waals surface area contributed by atoms with E-state index in [1.807, 2.05) is 18.7 Å². The molecule has 0 amide bonds. The van der Waals surface area contributed by atoms with E-state index in [4.69, 9.17) is 18.6 Å². The lowest BCUT2D eigenvalue weighted by Gasteiger charge is -2.40. The molecule has 1 saturated heterocycles. The van der Waals surface area contributed by atoms with Gasteiger partial charge in [0.05, 0.1) is 19.0 Å². The lowest BCUT2D eigenvalue weighted by molar-refractivity contribution is -0.0383. The summed E-state index contributed by atoms with van der Waals surface area (Å²) < 4.78 is 22.0. The van der Waals surface area contributed by atoms with E-state index in [2.05, 4.69) is 87.9 Å². The van der Waals surface area contributed by atoms with E-state index < -0.39 is 16.6 Å². The van der Waals surface area contributed by atoms with Crippen LogP contribution in [0, 0.1) is 0 Å². The number of hydrogen-bond acceptors (Lipinski definition) is 8. The summed E-state index contributed by atoms with van der Waals surface area (Å²) >= 11 is 0. The lowest BCUT2D eigenvalue weighted by Crippen LogP contribution is -2.48. The van der Waals surface area contributed by atoms with Crippen molar-refractivity contribution in [1.29, 1.82) is 0 Å². The summed E-state index contributed by atoms with van der Waals surface area (Å²) in [4.78, 5) is 26.7. The summed E-state index contributed by atoms with van der Waals surface area (Å²) in [5.74, 6) is 0.427. The molecule has 3 heterocycles. The maximum atomic E-state index is 12.8. The van der Waals surface area contributed by atoms with Crippen LogP contribution in [0.15, 0.2) is 11.1 Å². The molecule has 0 spiro atoms. The van der Waals surface area contributed by atoms with E-state index >= 15 is 0 Å². The summed E-state index contributed by atoms with van der Waals surface area (Å²) in [5, 5.41) is 3.38. The van der Waals surface area contributed by atoms with Crippen molar-refractivity contribution >= 4 is 33.7 Å². The Bertz CT molecular complexity index is 1150. The number of rotatable bonds is 10. The van der Waals surface area contributed by atoms with Gasteiger partial charge in [0.1, 0.15) is 12.3 Å². The van der Waals surface area contributed by atoms with Gasteiger partial charge in [0.15, 0.2) is 27.8 Å². The van der Waals surface area contributed by atoms with Crippen LogP contribution in [0.2, 0.25) is 36.3 Å². The van der Waals surface area contributed by atoms with Gasteiger partial charge in [-0.25, -0.2) is 4.98 Å². The minimum absolute atomic E-state index is 0.0691. The molecule has 0 saturated carbocycles. The highest BCUT2D eigenvalue weighted by atomic mass is 28.4. The molecule has 38 heavy (non-hydrogen) atoms. The summed E-state index contributed by atoms with van der Waals surface area (Å²) in [6.07, 6.45) is 1.60. The van der Waals surface area contributed by atoms with Gasteiger partial charge >= 0.3 is 0 Å². The number of aromatic nitrogens is 4. The van der Waals surface area contributed by atoms with Crippen LogP contribution < -0.4 is 10.9 Å². The number of imidazole rings is 1. The van der Waals surface area contributed by atoms with Crippen LogP contribution in [-0.4, -0.2) is 87.1 Å². The van der Waals surface area contributed by atoms with Crippen LogP contribution in [0.1, 0.15) is 54.2 Å². The van der Waals surface area contributed by atoms with Gasteiger partial charge in [-0.3, -0.25) is 14.3 Å². The fourth-order valence-electron chi connectivity index (χ4n) is 3.83. The zero-order valence-electron chi connectivity index (χ0n) is 25.6. The molecule has 0 unspecified atom stereocenters. The first-order valence-electron chi connectivity index (χ1n) is 13.6. The van der Waals surface area contributed by atoms with Gasteiger partial charge in [-0.2, -0.15) is 4.98 Å². The molecule has 0 bridgehead atoms. The molecule has 2 aromatic heterocycles. The minimum atomic E-state index is -2.07. The van der Waals surface area contributed by atoms with Gasteiger partial charge in [-0.1, -0.05) is 41.5 Å². The van der Waals surface area contributed by atoms with E-state index in [-0.39, 0.29) is 34.1 Å². The normalized spacial score (nSPS) is 21.6. The molecule has 3 atom stereocenters. The van der Waals surface area contributed by atoms with Gasteiger partial charge < -0.3 is 23.8 Å². The molecule has 2 N–H and O–H groups in total. The van der Waals surface area contributed by atoms with Crippen LogP contribution in [-0.2, 0) is 13.6 Å². The zero-order chi connectivity index (χ0) is 28.7. The highest BCUT2D eigenvalue weighted by Crippen LogP contribution is 2.42. The number of fused-ring (bicyclic) bond motifs is 1. The maximum Gasteiger partial charge on any atom is 0.280 e. The van der Waals surface area contributed by atoms with E-state index in [9.17, 15) is 4.79 Å². The highest BCUT2D eigenvalue weighted by molar-refractivity contribution is 6.74. The molecular weight excluding hydrogens is 516 g/mol. The van der Waals surface area contributed by atoms with E-state index in [0.717, 1.165) is 6.54 Å². The minimum Gasteiger partial charge on any atom is -0.414 e. The molecule has 1 aliphatic rings. The molecule has 1 aliphatic heterocycles. The Morgan fingerprint density at radius 2 is 1.76 bits per heavy atom. The van der Waals surface area contributed by atoms with Crippen LogP contribution in [0.5, 0.6) is 0 Å². The number of nitrogens with zero attached hydrogens (tertiary/aromatic N) is 4. The largest absolute Gasteiger partial charge is 0.414 e. The van der Waals surface area contributed by atoms with Gasteiger partial charge in [0, 0.05) is 19.5 Å². The fourth-order valence-corrected chi connectivity index (χ4v) is 6.20. The summed E-state index contributed by atoms with van der Waals surface area (Å²) in [7, 11) is -0.0432. The third-order valence-electron chi connectivity index (χ3n) is 8.44. The molecule has 3 rings (SSSR count). The van der Waals surface area contributed by atoms with Crippen molar-refractivity contribution in [2.75, 3.05) is 39.1 Å². The van der Waals surface area contributed by atoms with Crippen LogP contribution in [0.4, 0.5) is 5.95 Å². The number of aromatic amines is 1. The lowest BCUT2D eigenvalue weighted by atomic mass is 10.2. The Kier molecular flexibility index (Phi) is 9.06. The summed E-state index contributed by atoms with van der Waals surface area (Å²) in [6, 6.07) is 0. The van der Waals surface area contributed by atoms with Crippen molar-refractivity contribution in [3.63, 3.8) is 0 Å². The number of hydrogen-bond donors (Lipinski definition) is 2. The smallest absolute Gasteiger partial charge is 0.280 e. The van der Waals surface area contributed by atoms with Crippen LogP contribution in [0.3, 0.4) is 0 Å². The highest BCUT2D eigenvalue weighted by Gasteiger charge is 2.46. The van der Waals surface area contributed by atoms with Crippen molar-refractivity contribution in [2.24, 2.45) is 0 Å². The molecule has 0 aromatic carbocycles. The van der Waals surface area contributed by atoms with Crippen LogP contribution in [0.25, 0.3) is 11.2 Å². The first-order chi connectivity index (χ1) is 17.3. The Hall–Kier alpha value is -1.58. The number of likely N-dealkylation sites (N-methyl/N-ethyl adjacent to an activating group) is 1. The predicted molar refractivity (Wildman–Crippen MR) is 159 cm³/mol. The summed E-state index contributed by atoms with van der Waals surface area (Å²) in [6.45, 7) is 24.5. The van der Waals surface area contributed by atoms with Gasteiger partial charge in [0.2, 0.25) is 5.95 Å². The van der Waals surface area contributed by atoms with Gasteiger partial charge in [-0.15, -0.1) is 0 Å². The van der Waals surface area contributed by atoms with E-state index in [0.29, 0.717) is 36.7 Å². The maximum absolute atomic E-state index is 12.8. The number of ether oxygens (including phenoxy) is 1. The average molecular weight is 567 g/mol. The van der Waals surface area contributed by atoms with Gasteiger partial charge in [0.25, 0.3) is 5.56 Å². The molecular formula is C26H50N6O4Si2. The van der Waals surface area contributed by atoms with Crippen molar-refractivity contribution in [2.45, 2.75) is 103 Å². The number of H-pyrrole nitrogens is 1. The third-order valence-corrected chi connectivity index (χ3v) is 17.4. The predicted octanol–water partition coefficient (Wildman–Crippen LogP) is 4.79. The molecule has 0 aliphatic carbocycles. The zero-order valence-corrected chi connectivity index (χ0v) is 27.6. The van der Waals surface area contributed by atoms with Gasteiger partial charge in [-0.05, 0) is 50.4 Å². The first-order valence-corrected chi connectivity index (χ1v) is 19.5. The summed E-state index contributed by atoms with van der Waals surface area (Å²) in [5.41, 5.74) is 0.531. The fraction of sp³-hybridized carbons (Fsp3) is 0.808. The van der Waals surface area contributed by atoms with Crippen LogP contribution >= 0.6 is 0 Å². The van der Waals surface area contributed by atoms with Crippen molar-refractivity contribution in [3.8, 4) is 0 Å². The molecule has 10 nitrogen and oxygen atoms in total. The quantitative estimate of drug-likeness (QED) is 0.395. The molecule has 12 heteroatoms. The monoisotopic (exact) mass is 566 g/mol. The molecule has 0 radical (unpaired) electrons. The number of nitrogens with one attached hydrogen (secondary N) is 2. The van der Waals surface area contributed by atoms with E-state index in [1.165, 1.54) is 0 Å². The van der Waals surface area contributed by atoms with Crippen molar-refractivity contribution < 1.29 is 13.6 Å². The Morgan fingerprint density at radius 3 is 2.34 bits per heavy atom. The SMILES string of the molecule is CN(C)CCNc1nc2c(ncn2[C@H]2C[C@H](O[Si](C)(C)C(C)(C)C)[C@@H](CO[Si](C)(C)C(C)(C)C)O2)c(=O)[nH]1. The second-order valence-corrected chi connectivity index (χ2v) is 23.4.